The maximum absolute atomic E-state index is 12.4. The summed E-state index contributed by atoms with van der Waals surface area (Å²) < 4.78 is 7.37. The average molecular weight is 327 g/mol. The van der Waals surface area contributed by atoms with E-state index >= 15 is 0 Å². The number of hydrogen-bond acceptors (Lipinski definition) is 4. The predicted octanol–water partition coefficient (Wildman–Crippen LogP) is 2.42. The fourth-order valence-corrected chi connectivity index (χ4v) is 2.78. The fraction of sp³-hybridized carbons (Fsp3) is 0.333. The van der Waals surface area contributed by atoms with Crippen LogP contribution >= 0.6 is 0 Å². The standard InChI is InChI=1S/C18H21N3O3/c1-11-16(12(2)21(4)20-11)17(22)19-10-18(3,23)15-9-13-7-5-6-8-14(13)24-15/h5-9,23H,10H2,1-4H3,(H,19,22). The molecule has 24 heavy (non-hydrogen) atoms. The van der Waals surface area contributed by atoms with Crippen molar-refractivity contribution in [1.29, 1.82) is 0 Å². The Bertz CT molecular complexity index is 873. The number of benzene rings is 1. The van der Waals surface area contributed by atoms with Crippen molar-refractivity contribution in [2.24, 2.45) is 7.05 Å². The Morgan fingerprint density at radius 3 is 2.71 bits per heavy atom. The Labute approximate surface area is 140 Å². The lowest BCUT2D eigenvalue weighted by atomic mass is 10.0. The smallest absolute Gasteiger partial charge is 0.255 e. The van der Waals surface area contributed by atoms with Gasteiger partial charge >= 0.3 is 0 Å². The summed E-state index contributed by atoms with van der Waals surface area (Å²) in [5.41, 5.74) is 1.39. The van der Waals surface area contributed by atoms with Crippen molar-refractivity contribution < 1.29 is 14.3 Å². The highest BCUT2D eigenvalue weighted by Crippen LogP contribution is 2.27. The van der Waals surface area contributed by atoms with Gasteiger partial charge in [-0.3, -0.25) is 9.48 Å². The van der Waals surface area contributed by atoms with Gasteiger partial charge in [0.05, 0.1) is 17.8 Å². The summed E-state index contributed by atoms with van der Waals surface area (Å²) in [6.07, 6.45) is 0. The largest absolute Gasteiger partial charge is 0.458 e. The summed E-state index contributed by atoms with van der Waals surface area (Å²) in [5, 5.41) is 18.6. The summed E-state index contributed by atoms with van der Waals surface area (Å²) in [7, 11) is 1.80. The molecule has 1 unspecified atom stereocenters. The van der Waals surface area contributed by atoms with Crippen LogP contribution < -0.4 is 5.32 Å². The van der Waals surface area contributed by atoms with Crippen LogP contribution in [-0.2, 0) is 12.6 Å². The molecular formula is C18H21N3O3. The third kappa shape index (κ3) is 2.80. The number of nitrogens with one attached hydrogen (secondary N) is 1. The highest BCUT2D eigenvalue weighted by Gasteiger charge is 2.29. The van der Waals surface area contributed by atoms with Crippen LogP contribution in [0.5, 0.6) is 0 Å². The minimum absolute atomic E-state index is 0.0411. The summed E-state index contributed by atoms with van der Waals surface area (Å²) in [6, 6.07) is 9.34. The molecule has 0 spiro atoms. The molecule has 126 valence electrons. The van der Waals surface area contributed by atoms with Gasteiger partial charge in [0.15, 0.2) is 0 Å². The van der Waals surface area contributed by atoms with Crippen molar-refractivity contribution in [3.8, 4) is 0 Å². The van der Waals surface area contributed by atoms with Crippen molar-refractivity contribution in [2.45, 2.75) is 26.4 Å². The summed E-state index contributed by atoms with van der Waals surface area (Å²) in [4.78, 5) is 12.4. The minimum Gasteiger partial charge on any atom is -0.458 e. The van der Waals surface area contributed by atoms with E-state index in [0.717, 1.165) is 11.1 Å². The Morgan fingerprint density at radius 2 is 2.08 bits per heavy atom. The van der Waals surface area contributed by atoms with Gasteiger partial charge < -0.3 is 14.8 Å². The number of rotatable bonds is 4. The highest BCUT2D eigenvalue weighted by molar-refractivity contribution is 5.96. The van der Waals surface area contributed by atoms with Crippen LogP contribution in [0, 0.1) is 13.8 Å². The highest BCUT2D eigenvalue weighted by atomic mass is 16.4. The molecule has 0 saturated heterocycles. The Balaban J connectivity index is 1.78. The zero-order valence-electron chi connectivity index (χ0n) is 14.3. The Morgan fingerprint density at radius 1 is 1.38 bits per heavy atom. The predicted molar refractivity (Wildman–Crippen MR) is 90.8 cm³/mol. The monoisotopic (exact) mass is 327 g/mol. The van der Waals surface area contributed by atoms with Crippen LogP contribution in [0.2, 0.25) is 0 Å². The van der Waals surface area contributed by atoms with E-state index in [1.54, 1.807) is 31.6 Å². The molecule has 3 aromatic rings. The maximum Gasteiger partial charge on any atom is 0.255 e. The number of furan rings is 1. The van der Waals surface area contributed by atoms with Crippen molar-refractivity contribution in [1.82, 2.24) is 15.1 Å². The molecule has 6 nitrogen and oxygen atoms in total. The van der Waals surface area contributed by atoms with E-state index in [2.05, 4.69) is 10.4 Å². The quantitative estimate of drug-likeness (QED) is 0.771. The molecule has 6 heteroatoms. The molecule has 0 radical (unpaired) electrons. The molecule has 0 bridgehead atoms. The van der Waals surface area contributed by atoms with Crippen LogP contribution in [0.15, 0.2) is 34.7 Å². The Hall–Kier alpha value is -2.60. The van der Waals surface area contributed by atoms with Gasteiger partial charge in [0.2, 0.25) is 0 Å². The second kappa shape index (κ2) is 5.79. The number of carbonyl (C=O) groups is 1. The molecule has 0 aliphatic rings. The number of fused-ring (bicyclic) bond motifs is 1. The van der Waals surface area contributed by atoms with E-state index in [0.29, 0.717) is 22.6 Å². The zero-order chi connectivity index (χ0) is 17.5. The van der Waals surface area contributed by atoms with E-state index in [9.17, 15) is 9.90 Å². The summed E-state index contributed by atoms with van der Waals surface area (Å²) in [6.45, 7) is 5.29. The summed E-state index contributed by atoms with van der Waals surface area (Å²) >= 11 is 0. The minimum atomic E-state index is -1.31. The number of aromatic nitrogens is 2. The topological polar surface area (TPSA) is 80.3 Å². The van der Waals surface area contributed by atoms with Gasteiger partial charge in [0.25, 0.3) is 5.91 Å². The second-order valence-corrected chi connectivity index (χ2v) is 6.27. The first-order chi connectivity index (χ1) is 11.3. The molecule has 1 aromatic carbocycles. The molecule has 1 amide bonds. The van der Waals surface area contributed by atoms with Crippen LogP contribution in [0.25, 0.3) is 11.0 Å². The number of amides is 1. The molecule has 0 aliphatic carbocycles. The van der Waals surface area contributed by atoms with Crippen molar-refractivity contribution in [2.75, 3.05) is 6.54 Å². The first kappa shape index (κ1) is 16.3. The molecule has 0 aliphatic heterocycles. The van der Waals surface area contributed by atoms with Gasteiger partial charge in [-0.25, -0.2) is 0 Å². The lowest BCUT2D eigenvalue weighted by Gasteiger charge is -2.21. The molecular weight excluding hydrogens is 306 g/mol. The number of aryl methyl sites for hydroxylation is 2. The lowest BCUT2D eigenvalue weighted by molar-refractivity contribution is 0.0344. The van der Waals surface area contributed by atoms with Crippen LogP contribution in [0.3, 0.4) is 0 Å². The first-order valence-corrected chi connectivity index (χ1v) is 7.79. The van der Waals surface area contributed by atoms with Gasteiger partial charge in [-0.15, -0.1) is 0 Å². The molecule has 3 rings (SSSR count). The number of aliphatic hydroxyl groups is 1. The van der Waals surface area contributed by atoms with Crippen LogP contribution in [-0.4, -0.2) is 27.3 Å². The van der Waals surface area contributed by atoms with Gasteiger partial charge in [-0.1, -0.05) is 18.2 Å². The molecule has 0 saturated carbocycles. The number of carbonyl (C=O) groups excluding carboxylic acids is 1. The number of para-hydroxylation sites is 1. The molecule has 2 heterocycles. The van der Waals surface area contributed by atoms with E-state index in [1.165, 1.54) is 0 Å². The maximum atomic E-state index is 12.4. The normalized spacial score (nSPS) is 13.9. The molecule has 1 atom stereocenters. The lowest BCUT2D eigenvalue weighted by Crippen LogP contribution is -2.38. The Kier molecular flexibility index (Phi) is 3.93. The van der Waals surface area contributed by atoms with Crippen LogP contribution in [0.4, 0.5) is 0 Å². The molecule has 2 aromatic heterocycles. The van der Waals surface area contributed by atoms with Gasteiger partial charge in [-0.05, 0) is 32.9 Å². The van der Waals surface area contributed by atoms with Gasteiger partial charge in [0, 0.05) is 18.1 Å². The summed E-state index contributed by atoms with van der Waals surface area (Å²) in [5.74, 6) is 0.165. The van der Waals surface area contributed by atoms with Crippen molar-refractivity contribution in [3.63, 3.8) is 0 Å². The van der Waals surface area contributed by atoms with Crippen LogP contribution in [0.1, 0.15) is 34.4 Å². The third-order valence-electron chi connectivity index (χ3n) is 4.29. The van der Waals surface area contributed by atoms with Gasteiger partial charge in [-0.2, -0.15) is 5.10 Å². The fourth-order valence-electron chi connectivity index (χ4n) is 2.78. The van der Waals surface area contributed by atoms with E-state index in [4.69, 9.17) is 4.42 Å². The van der Waals surface area contributed by atoms with E-state index < -0.39 is 5.60 Å². The average Bonchev–Trinajstić information content (AvgIpc) is 3.07. The van der Waals surface area contributed by atoms with Gasteiger partial charge in [0.1, 0.15) is 16.9 Å². The number of nitrogens with zero attached hydrogens (tertiary/aromatic N) is 2. The molecule has 0 fully saturated rings. The zero-order valence-corrected chi connectivity index (χ0v) is 14.3. The second-order valence-electron chi connectivity index (χ2n) is 6.27. The third-order valence-corrected chi connectivity index (χ3v) is 4.29. The van der Waals surface area contributed by atoms with Crippen molar-refractivity contribution in [3.05, 3.63) is 53.0 Å². The SMILES string of the molecule is Cc1nn(C)c(C)c1C(=O)NCC(C)(O)c1cc2ccccc2o1. The van der Waals surface area contributed by atoms with E-state index in [1.807, 2.05) is 31.2 Å². The number of hydrogen-bond donors (Lipinski definition) is 2. The van der Waals surface area contributed by atoms with E-state index in [-0.39, 0.29) is 12.5 Å². The van der Waals surface area contributed by atoms with Crippen molar-refractivity contribution >= 4 is 16.9 Å². The first-order valence-electron chi connectivity index (χ1n) is 7.79. The molecule has 2 N–H and O–H groups in total.